The molecule has 0 bridgehead atoms. The van der Waals surface area contributed by atoms with Gasteiger partial charge in [-0.25, -0.2) is 27.2 Å². The summed E-state index contributed by atoms with van der Waals surface area (Å²) in [7, 11) is -3.88. The van der Waals surface area contributed by atoms with E-state index in [1.54, 1.807) is 0 Å². The van der Waals surface area contributed by atoms with E-state index in [1.165, 1.54) is 0 Å². The Bertz CT molecular complexity index is 1170. The van der Waals surface area contributed by atoms with E-state index < -0.39 is 26.4 Å². The van der Waals surface area contributed by atoms with Crippen LogP contribution >= 0.6 is 0 Å². The number of imidazole rings is 1. The van der Waals surface area contributed by atoms with Crippen molar-refractivity contribution in [1.29, 1.82) is 0 Å². The number of fused-ring (bicyclic) bond motifs is 1. The third-order valence-electron chi connectivity index (χ3n) is 4.97. The molecule has 6 nitrogen and oxygen atoms in total. The Morgan fingerprint density at radius 2 is 1.90 bits per heavy atom. The maximum atomic E-state index is 13.9. The lowest BCUT2D eigenvalue weighted by molar-refractivity contribution is 0.546. The zero-order valence-electron chi connectivity index (χ0n) is 16.7. The Morgan fingerprint density at radius 3 is 2.55 bits per heavy atom. The van der Waals surface area contributed by atoms with Gasteiger partial charge in [-0.2, -0.15) is 0 Å². The zero-order valence-corrected chi connectivity index (χ0v) is 17.5. The number of nitrogens with zero attached hydrogens (tertiary/aromatic N) is 3. The minimum absolute atomic E-state index is 0.252. The summed E-state index contributed by atoms with van der Waals surface area (Å²) in [6.45, 7) is 6.22. The molecule has 3 rings (SSSR count). The van der Waals surface area contributed by atoms with E-state index in [2.05, 4.69) is 9.97 Å². The van der Waals surface area contributed by atoms with Crippen LogP contribution in [0.3, 0.4) is 0 Å². The number of aromatic nitrogens is 3. The molecule has 0 atom stereocenters. The second kappa shape index (κ2) is 8.06. The summed E-state index contributed by atoms with van der Waals surface area (Å²) in [5.74, 6) is -0.989. The molecule has 0 radical (unpaired) electrons. The molecule has 2 aromatic heterocycles. The van der Waals surface area contributed by atoms with Gasteiger partial charge >= 0.3 is 0 Å². The quantitative estimate of drug-likeness (QED) is 0.586. The highest BCUT2D eigenvalue weighted by Crippen LogP contribution is 2.27. The van der Waals surface area contributed by atoms with Gasteiger partial charge in [0.1, 0.15) is 27.9 Å². The molecular weight excluding hydrogens is 398 g/mol. The van der Waals surface area contributed by atoms with E-state index in [0.717, 1.165) is 41.2 Å². The lowest BCUT2D eigenvalue weighted by atomic mass is 10.2. The normalized spacial score (nSPS) is 12.0. The third-order valence-corrected chi connectivity index (χ3v) is 6.80. The van der Waals surface area contributed by atoms with Gasteiger partial charge in [-0.15, -0.1) is 0 Å². The van der Waals surface area contributed by atoms with Crippen molar-refractivity contribution in [1.82, 2.24) is 14.5 Å². The Kier molecular flexibility index (Phi) is 5.88. The SMILES string of the molecule is CCCc1nc2c(N)nc(C)c(C)c2n1CCCS(=O)(=O)c1ccc(F)cc1F. The number of hydrogen-bond donors (Lipinski definition) is 1. The smallest absolute Gasteiger partial charge is 0.181 e. The van der Waals surface area contributed by atoms with Crippen LogP contribution in [0.25, 0.3) is 11.0 Å². The van der Waals surface area contributed by atoms with Crippen LogP contribution in [0.4, 0.5) is 14.6 Å². The van der Waals surface area contributed by atoms with Crippen molar-refractivity contribution in [2.24, 2.45) is 0 Å². The van der Waals surface area contributed by atoms with Gasteiger partial charge in [0, 0.05) is 24.7 Å². The van der Waals surface area contributed by atoms with Crippen LogP contribution in [-0.4, -0.2) is 28.7 Å². The molecule has 0 aliphatic heterocycles. The van der Waals surface area contributed by atoms with E-state index in [0.29, 0.717) is 30.4 Å². The fourth-order valence-corrected chi connectivity index (χ4v) is 4.81. The first kappa shape index (κ1) is 21.2. The highest BCUT2D eigenvalue weighted by Gasteiger charge is 2.21. The van der Waals surface area contributed by atoms with Crippen LogP contribution in [0.15, 0.2) is 23.1 Å². The fourth-order valence-electron chi connectivity index (χ4n) is 3.45. The zero-order chi connectivity index (χ0) is 21.3. The summed E-state index contributed by atoms with van der Waals surface area (Å²) in [4.78, 5) is 8.47. The number of anilines is 1. The van der Waals surface area contributed by atoms with E-state index in [-0.39, 0.29) is 12.2 Å². The second-order valence-electron chi connectivity index (χ2n) is 7.08. The summed E-state index contributed by atoms with van der Waals surface area (Å²) < 4.78 is 54.0. The molecule has 0 saturated carbocycles. The Labute approximate surface area is 168 Å². The van der Waals surface area contributed by atoms with Crippen LogP contribution in [0.2, 0.25) is 0 Å². The number of halogens is 2. The molecule has 0 amide bonds. The Morgan fingerprint density at radius 1 is 1.17 bits per heavy atom. The van der Waals surface area contributed by atoms with Crippen LogP contribution in [-0.2, 0) is 22.8 Å². The topological polar surface area (TPSA) is 90.9 Å². The highest BCUT2D eigenvalue weighted by atomic mass is 32.2. The van der Waals surface area contributed by atoms with E-state index in [4.69, 9.17) is 5.73 Å². The van der Waals surface area contributed by atoms with Gasteiger partial charge in [-0.05, 0) is 44.4 Å². The van der Waals surface area contributed by atoms with Crippen molar-refractivity contribution in [3.05, 3.63) is 46.9 Å². The minimum Gasteiger partial charge on any atom is -0.382 e. The third kappa shape index (κ3) is 4.10. The minimum atomic E-state index is -3.88. The lowest BCUT2D eigenvalue weighted by Crippen LogP contribution is -2.13. The van der Waals surface area contributed by atoms with Crippen molar-refractivity contribution in [2.75, 3.05) is 11.5 Å². The number of nitrogens with two attached hydrogens (primary N) is 1. The molecule has 0 fully saturated rings. The molecule has 0 aliphatic carbocycles. The first-order chi connectivity index (χ1) is 13.7. The summed E-state index contributed by atoms with van der Waals surface area (Å²) in [6, 6.07) is 2.49. The van der Waals surface area contributed by atoms with Gasteiger partial charge in [0.05, 0.1) is 11.3 Å². The van der Waals surface area contributed by atoms with Gasteiger partial charge in [0.2, 0.25) is 0 Å². The standard InChI is InChI=1S/C20H24F2N4O2S/c1-4-6-17-25-18-19(12(2)13(3)24-20(18)23)26(17)9-5-10-29(27,28)16-8-7-14(21)11-15(16)22/h7-8,11H,4-6,9-10H2,1-3H3,(H2,23,24). The number of benzene rings is 1. The fraction of sp³-hybridized carbons (Fsp3) is 0.400. The predicted molar refractivity (Wildman–Crippen MR) is 108 cm³/mol. The first-order valence-corrected chi connectivity index (χ1v) is 11.1. The number of pyridine rings is 1. The molecule has 0 aliphatic rings. The van der Waals surface area contributed by atoms with E-state index >= 15 is 0 Å². The Balaban J connectivity index is 1.91. The number of nitrogen functional groups attached to an aromatic ring is 1. The molecular formula is C20H24F2N4O2S. The molecule has 0 unspecified atom stereocenters. The van der Waals surface area contributed by atoms with Gasteiger partial charge in [0.15, 0.2) is 15.7 Å². The van der Waals surface area contributed by atoms with Crippen molar-refractivity contribution in [2.45, 2.75) is 51.5 Å². The summed E-state index contributed by atoms with van der Waals surface area (Å²) >= 11 is 0. The van der Waals surface area contributed by atoms with Crippen molar-refractivity contribution in [3.8, 4) is 0 Å². The monoisotopic (exact) mass is 422 g/mol. The molecule has 2 heterocycles. The van der Waals surface area contributed by atoms with Crippen molar-refractivity contribution < 1.29 is 17.2 Å². The highest BCUT2D eigenvalue weighted by molar-refractivity contribution is 7.91. The second-order valence-corrected chi connectivity index (χ2v) is 9.16. The van der Waals surface area contributed by atoms with Crippen LogP contribution in [0.1, 0.15) is 36.8 Å². The maximum absolute atomic E-state index is 13.9. The predicted octanol–water partition coefficient (Wildman–Crippen LogP) is 3.73. The van der Waals surface area contributed by atoms with Crippen LogP contribution < -0.4 is 5.73 Å². The molecule has 29 heavy (non-hydrogen) atoms. The molecule has 156 valence electrons. The Hall–Kier alpha value is -2.55. The average molecular weight is 423 g/mol. The molecule has 3 aromatic rings. The molecule has 0 spiro atoms. The summed E-state index contributed by atoms with van der Waals surface area (Å²) in [6.07, 6.45) is 1.84. The summed E-state index contributed by atoms with van der Waals surface area (Å²) in [5.41, 5.74) is 9.25. The maximum Gasteiger partial charge on any atom is 0.181 e. The van der Waals surface area contributed by atoms with Crippen LogP contribution in [0.5, 0.6) is 0 Å². The molecule has 0 saturated heterocycles. The lowest BCUT2D eigenvalue weighted by Gasteiger charge is -2.12. The van der Waals surface area contributed by atoms with E-state index in [1.807, 2.05) is 25.3 Å². The number of sulfone groups is 1. The largest absolute Gasteiger partial charge is 0.382 e. The van der Waals surface area contributed by atoms with Gasteiger partial charge in [-0.3, -0.25) is 0 Å². The van der Waals surface area contributed by atoms with Crippen molar-refractivity contribution in [3.63, 3.8) is 0 Å². The van der Waals surface area contributed by atoms with Crippen LogP contribution in [0, 0.1) is 25.5 Å². The molecule has 1 aromatic carbocycles. The summed E-state index contributed by atoms with van der Waals surface area (Å²) in [5, 5.41) is 0. The number of hydrogen-bond acceptors (Lipinski definition) is 5. The van der Waals surface area contributed by atoms with Gasteiger partial charge in [-0.1, -0.05) is 6.92 Å². The first-order valence-electron chi connectivity index (χ1n) is 9.45. The molecule has 2 N–H and O–H groups in total. The van der Waals surface area contributed by atoms with Crippen molar-refractivity contribution >= 4 is 26.7 Å². The average Bonchev–Trinajstić information content (AvgIpc) is 2.99. The number of rotatable bonds is 7. The van der Waals surface area contributed by atoms with Gasteiger partial charge < -0.3 is 10.3 Å². The van der Waals surface area contributed by atoms with Gasteiger partial charge in [0.25, 0.3) is 0 Å². The molecule has 9 heteroatoms. The number of aryl methyl sites for hydroxylation is 4. The van der Waals surface area contributed by atoms with E-state index in [9.17, 15) is 17.2 Å².